The van der Waals surface area contributed by atoms with Crippen LogP contribution in [0.3, 0.4) is 0 Å². The molecular formula is C21H20Cl2N4O2S. The van der Waals surface area contributed by atoms with Crippen molar-refractivity contribution in [3.8, 4) is 17.1 Å². The SMILES string of the molecule is C=CCn1c(SCC(=O)Nc2ccc(OCC)cc2)nnc1-c1ccc(Cl)cc1Cl. The van der Waals surface area contributed by atoms with Gasteiger partial charge in [-0.05, 0) is 49.4 Å². The van der Waals surface area contributed by atoms with E-state index in [1.54, 1.807) is 36.4 Å². The van der Waals surface area contributed by atoms with E-state index in [1.165, 1.54) is 11.8 Å². The summed E-state index contributed by atoms with van der Waals surface area (Å²) >= 11 is 13.6. The lowest BCUT2D eigenvalue weighted by molar-refractivity contribution is -0.113. The molecule has 1 amide bonds. The smallest absolute Gasteiger partial charge is 0.234 e. The maximum Gasteiger partial charge on any atom is 0.234 e. The number of anilines is 1. The van der Waals surface area contributed by atoms with Gasteiger partial charge in [-0.2, -0.15) is 0 Å². The van der Waals surface area contributed by atoms with Gasteiger partial charge >= 0.3 is 0 Å². The van der Waals surface area contributed by atoms with Crippen molar-refractivity contribution in [2.24, 2.45) is 0 Å². The second-order valence-corrected chi connectivity index (χ2v) is 7.91. The number of carbonyl (C=O) groups excluding carboxylic acids is 1. The number of nitrogens with zero attached hydrogens (tertiary/aromatic N) is 3. The number of amides is 1. The lowest BCUT2D eigenvalue weighted by Crippen LogP contribution is -2.14. The zero-order chi connectivity index (χ0) is 21.5. The van der Waals surface area contributed by atoms with E-state index in [0.717, 1.165) is 5.75 Å². The Morgan fingerprint density at radius 3 is 2.67 bits per heavy atom. The number of aromatic nitrogens is 3. The third kappa shape index (κ3) is 5.56. The summed E-state index contributed by atoms with van der Waals surface area (Å²) in [6, 6.07) is 12.4. The van der Waals surface area contributed by atoms with Crippen LogP contribution in [0.4, 0.5) is 5.69 Å². The van der Waals surface area contributed by atoms with Crippen molar-refractivity contribution in [3.05, 3.63) is 65.2 Å². The van der Waals surface area contributed by atoms with Gasteiger partial charge in [0.25, 0.3) is 0 Å². The van der Waals surface area contributed by atoms with E-state index in [4.69, 9.17) is 27.9 Å². The number of rotatable bonds is 9. The molecule has 0 aliphatic carbocycles. The summed E-state index contributed by atoms with van der Waals surface area (Å²) in [6.07, 6.45) is 1.74. The van der Waals surface area contributed by atoms with Gasteiger partial charge < -0.3 is 10.1 Å². The molecule has 2 aromatic carbocycles. The molecule has 0 bridgehead atoms. The van der Waals surface area contributed by atoms with Crippen molar-refractivity contribution in [3.63, 3.8) is 0 Å². The zero-order valence-electron chi connectivity index (χ0n) is 16.3. The molecule has 0 atom stereocenters. The van der Waals surface area contributed by atoms with Gasteiger partial charge in [-0.15, -0.1) is 16.8 Å². The molecule has 3 aromatic rings. The maximum atomic E-state index is 12.4. The summed E-state index contributed by atoms with van der Waals surface area (Å²) in [7, 11) is 0. The molecule has 30 heavy (non-hydrogen) atoms. The predicted molar refractivity (Wildman–Crippen MR) is 123 cm³/mol. The number of carbonyl (C=O) groups is 1. The minimum Gasteiger partial charge on any atom is -0.494 e. The molecule has 0 aliphatic heterocycles. The monoisotopic (exact) mass is 462 g/mol. The summed E-state index contributed by atoms with van der Waals surface area (Å²) in [6.45, 7) is 6.78. The molecule has 0 saturated heterocycles. The van der Waals surface area contributed by atoms with Crippen molar-refractivity contribution in [2.45, 2.75) is 18.6 Å². The minimum atomic E-state index is -0.150. The fraction of sp³-hybridized carbons (Fsp3) is 0.190. The summed E-state index contributed by atoms with van der Waals surface area (Å²) in [4.78, 5) is 12.4. The molecule has 9 heteroatoms. The van der Waals surface area contributed by atoms with Crippen molar-refractivity contribution >= 4 is 46.6 Å². The zero-order valence-corrected chi connectivity index (χ0v) is 18.6. The van der Waals surface area contributed by atoms with Crippen LogP contribution >= 0.6 is 35.0 Å². The number of benzene rings is 2. The highest BCUT2D eigenvalue weighted by Gasteiger charge is 2.17. The van der Waals surface area contributed by atoms with Crippen molar-refractivity contribution in [1.82, 2.24) is 14.8 Å². The number of ether oxygens (including phenoxy) is 1. The van der Waals surface area contributed by atoms with E-state index in [1.807, 2.05) is 23.6 Å². The van der Waals surface area contributed by atoms with Gasteiger partial charge in [0.15, 0.2) is 11.0 Å². The van der Waals surface area contributed by atoms with E-state index >= 15 is 0 Å². The van der Waals surface area contributed by atoms with E-state index < -0.39 is 0 Å². The lowest BCUT2D eigenvalue weighted by atomic mass is 10.2. The molecule has 0 fully saturated rings. The Labute approximate surface area is 189 Å². The number of hydrogen-bond donors (Lipinski definition) is 1. The summed E-state index contributed by atoms with van der Waals surface area (Å²) in [5.74, 6) is 1.38. The molecule has 0 spiro atoms. The molecule has 156 valence electrons. The molecule has 1 N–H and O–H groups in total. The van der Waals surface area contributed by atoms with Crippen LogP contribution in [0.15, 0.2) is 60.3 Å². The Bertz CT molecular complexity index is 1040. The summed E-state index contributed by atoms with van der Waals surface area (Å²) in [5.41, 5.74) is 1.41. The average Bonchev–Trinajstić information content (AvgIpc) is 3.11. The standard InChI is InChI=1S/C21H20Cl2N4O2S/c1-3-11-27-20(17-10-5-14(22)12-18(17)23)25-26-21(27)30-13-19(28)24-15-6-8-16(9-7-15)29-4-2/h3,5-10,12H,1,4,11,13H2,2H3,(H,24,28). The highest BCUT2D eigenvalue weighted by Crippen LogP contribution is 2.31. The summed E-state index contributed by atoms with van der Waals surface area (Å²) < 4.78 is 7.26. The third-order valence-corrected chi connectivity index (χ3v) is 5.50. The molecule has 0 saturated carbocycles. The molecule has 6 nitrogen and oxygen atoms in total. The fourth-order valence-corrected chi connectivity index (χ4v) is 3.93. The van der Waals surface area contributed by atoms with Crippen LogP contribution in [0.25, 0.3) is 11.4 Å². The second kappa shape index (κ2) is 10.5. The van der Waals surface area contributed by atoms with Crippen LogP contribution in [0.1, 0.15) is 6.92 Å². The Kier molecular flexibility index (Phi) is 7.79. The second-order valence-electron chi connectivity index (χ2n) is 6.12. The largest absolute Gasteiger partial charge is 0.494 e. The Hall–Kier alpha value is -2.48. The van der Waals surface area contributed by atoms with Crippen LogP contribution in [-0.2, 0) is 11.3 Å². The molecule has 3 rings (SSSR count). The van der Waals surface area contributed by atoms with Gasteiger partial charge in [-0.1, -0.05) is 41.0 Å². The highest BCUT2D eigenvalue weighted by atomic mass is 35.5. The Balaban J connectivity index is 1.69. The van der Waals surface area contributed by atoms with Crippen LogP contribution in [0.5, 0.6) is 5.75 Å². The lowest BCUT2D eigenvalue weighted by Gasteiger charge is -2.09. The quantitative estimate of drug-likeness (QED) is 0.332. The van der Waals surface area contributed by atoms with Crippen LogP contribution < -0.4 is 10.1 Å². The van der Waals surface area contributed by atoms with Crippen LogP contribution in [0.2, 0.25) is 10.0 Å². The highest BCUT2D eigenvalue weighted by molar-refractivity contribution is 7.99. The topological polar surface area (TPSA) is 69.0 Å². The first kappa shape index (κ1) is 22.2. The first-order valence-corrected chi connectivity index (χ1v) is 10.9. The molecule has 0 unspecified atom stereocenters. The Morgan fingerprint density at radius 2 is 2.00 bits per heavy atom. The molecule has 1 aromatic heterocycles. The summed E-state index contributed by atoms with van der Waals surface area (Å²) in [5, 5.41) is 13.0. The first-order valence-electron chi connectivity index (χ1n) is 9.16. The van der Waals surface area contributed by atoms with Gasteiger partial charge in [0.1, 0.15) is 5.75 Å². The molecule has 0 aliphatic rings. The van der Waals surface area contributed by atoms with E-state index in [9.17, 15) is 4.79 Å². The van der Waals surface area contributed by atoms with Crippen molar-refractivity contribution in [2.75, 3.05) is 17.7 Å². The minimum absolute atomic E-state index is 0.150. The molecule has 0 radical (unpaired) electrons. The van der Waals surface area contributed by atoms with E-state index in [0.29, 0.717) is 45.4 Å². The number of hydrogen-bond acceptors (Lipinski definition) is 5. The average molecular weight is 463 g/mol. The van der Waals surface area contributed by atoms with Crippen LogP contribution in [-0.4, -0.2) is 33.0 Å². The van der Waals surface area contributed by atoms with E-state index in [-0.39, 0.29) is 11.7 Å². The van der Waals surface area contributed by atoms with E-state index in [2.05, 4.69) is 22.1 Å². The van der Waals surface area contributed by atoms with Crippen molar-refractivity contribution in [1.29, 1.82) is 0 Å². The number of nitrogens with one attached hydrogen (secondary N) is 1. The number of allylic oxidation sites excluding steroid dienone is 1. The van der Waals surface area contributed by atoms with Gasteiger partial charge in [-0.3, -0.25) is 9.36 Å². The first-order chi connectivity index (χ1) is 14.5. The van der Waals surface area contributed by atoms with Gasteiger partial charge in [0.05, 0.1) is 17.4 Å². The maximum absolute atomic E-state index is 12.4. The molecular weight excluding hydrogens is 443 g/mol. The normalized spacial score (nSPS) is 10.6. The third-order valence-electron chi connectivity index (χ3n) is 3.98. The van der Waals surface area contributed by atoms with Crippen LogP contribution in [0, 0.1) is 0 Å². The number of thioether (sulfide) groups is 1. The van der Waals surface area contributed by atoms with Gasteiger partial charge in [-0.25, -0.2) is 0 Å². The Morgan fingerprint density at radius 1 is 1.23 bits per heavy atom. The van der Waals surface area contributed by atoms with Gasteiger partial charge in [0, 0.05) is 22.8 Å². The predicted octanol–water partition coefficient (Wildman–Crippen LogP) is 5.57. The fourth-order valence-electron chi connectivity index (χ4n) is 2.69. The number of halogens is 2. The van der Waals surface area contributed by atoms with Crippen molar-refractivity contribution < 1.29 is 9.53 Å². The van der Waals surface area contributed by atoms with Gasteiger partial charge in [0.2, 0.25) is 5.91 Å². The molecule has 1 heterocycles.